The number of hydrogen-bond acceptors (Lipinski definition) is 10. The highest BCUT2D eigenvalue weighted by molar-refractivity contribution is 6.15. The Labute approximate surface area is 720 Å². The molecule has 0 saturated carbocycles. The van der Waals surface area contributed by atoms with E-state index in [9.17, 15) is 0 Å². The quantitative estimate of drug-likeness (QED) is 0.117. The molecule has 10 heteroatoms. The smallest absolute Gasteiger partial charge is 0.160 e. The predicted molar refractivity (Wildman–Crippen MR) is 513 cm³/mol. The zero-order valence-corrected chi connectivity index (χ0v) is 67.5. The second-order valence-electron chi connectivity index (χ2n) is 32.2. The molecule has 10 nitrogen and oxygen atoms in total. The molecule has 26 aromatic rings. The van der Waals surface area contributed by atoms with Crippen LogP contribution in [0.1, 0.15) is 0 Å². The van der Waals surface area contributed by atoms with Crippen molar-refractivity contribution in [2.24, 2.45) is 0 Å². The minimum Gasteiger partial charge on any atom is -0.456 e. The standard InChI is InChI=1S/2C58H34N2O3/c1-2-13-35(14-3-1)58-59-50(38-16-10-15-36(29-38)37-27-28-55-49(33-37)46-19-6-7-24-52(46)61-55)34-51(60-58)41-31-39(42-20-11-22-47-44-17-4-8-25-53(44)62-56(42)47)30-40(32-41)43-21-12-23-48-45-18-5-9-26-54(45)63-57(43)48;1-2-12-35(13-3-1)58-59-50(39-15-10-14-38(28-39)43-19-11-20-47-44-16-4-9-23-54(44)63-57(43)47)34-51(60-58)42-30-40(36-24-26-55-48(32-36)45-17-5-7-21-52(45)61-55)29-41(31-42)37-25-27-56-49(33-37)46-18-6-8-22-53(46)62-56/h2*1-34H. The topological polar surface area (TPSA) is 130 Å². The fourth-order valence-electron chi connectivity index (χ4n) is 18.5. The van der Waals surface area contributed by atoms with Gasteiger partial charge in [-0.15, -0.1) is 0 Å². The second-order valence-corrected chi connectivity index (χ2v) is 32.2. The zero-order valence-electron chi connectivity index (χ0n) is 67.5. The third-order valence-corrected chi connectivity index (χ3v) is 24.6. The van der Waals surface area contributed by atoms with Gasteiger partial charge in [0.25, 0.3) is 0 Å². The maximum absolute atomic E-state index is 6.63. The summed E-state index contributed by atoms with van der Waals surface area (Å²) in [6, 6.07) is 143. The van der Waals surface area contributed by atoms with Gasteiger partial charge in [0.2, 0.25) is 0 Å². The maximum atomic E-state index is 6.63. The zero-order chi connectivity index (χ0) is 82.9. The fourth-order valence-corrected chi connectivity index (χ4v) is 18.5. The normalized spacial score (nSPS) is 11.8. The Balaban J connectivity index is 0.000000137. The molecule has 8 heterocycles. The molecule has 0 aliphatic rings. The number of benzene rings is 18. The van der Waals surface area contributed by atoms with E-state index in [0.29, 0.717) is 11.6 Å². The highest BCUT2D eigenvalue weighted by Crippen LogP contribution is 2.47. The molecular weight excluding hydrogens is 1550 g/mol. The van der Waals surface area contributed by atoms with Crippen LogP contribution in [0, 0.1) is 0 Å². The van der Waals surface area contributed by atoms with E-state index < -0.39 is 0 Å². The lowest BCUT2D eigenvalue weighted by molar-refractivity contribution is 0.668. The van der Waals surface area contributed by atoms with Crippen molar-refractivity contribution in [2.45, 2.75) is 0 Å². The van der Waals surface area contributed by atoms with E-state index in [1.807, 2.05) is 109 Å². The van der Waals surface area contributed by atoms with Gasteiger partial charge in [-0.3, -0.25) is 0 Å². The Morgan fingerprint density at radius 1 is 0.127 bits per heavy atom. The Kier molecular flexibility index (Phi) is 16.7. The molecule has 0 aliphatic carbocycles. The van der Waals surface area contributed by atoms with E-state index >= 15 is 0 Å². The first kappa shape index (κ1) is 71.8. The summed E-state index contributed by atoms with van der Waals surface area (Å²) >= 11 is 0. The Hall–Kier alpha value is -17.1. The fraction of sp³-hybridized carbons (Fsp3) is 0. The summed E-state index contributed by atoms with van der Waals surface area (Å²) in [6.45, 7) is 0. The van der Waals surface area contributed by atoms with Crippen LogP contribution in [0.4, 0.5) is 0 Å². The van der Waals surface area contributed by atoms with E-state index in [2.05, 4.69) is 303 Å². The molecule has 126 heavy (non-hydrogen) atoms. The monoisotopic (exact) mass is 1610 g/mol. The molecule has 0 aliphatic heterocycles. The van der Waals surface area contributed by atoms with Crippen LogP contribution < -0.4 is 0 Å². The molecule has 26 rings (SSSR count). The summed E-state index contributed by atoms with van der Waals surface area (Å²) in [4.78, 5) is 21.2. The lowest BCUT2D eigenvalue weighted by atomic mass is 9.93. The molecule has 0 bridgehead atoms. The number of para-hydroxylation sites is 9. The number of rotatable bonds is 12. The molecule has 0 fully saturated rings. The van der Waals surface area contributed by atoms with Crippen LogP contribution in [0.15, 0.2) is 439 Å². The van der Waals surface area contributed by atoms with Crippen molar-refractivity contribution < 1.29 is 26.5 Å². The first-order chi connectivity index (χ1) is 62.3. The van der Waals surface area contributed by atoms with Gasteiger partial charge < -0.3 is 26.5 Å². The molecule has 0 spiro atoms. The summed E-state index contributed by atoms with van der Waals surface area (Å²) in [5.41, 5.74) is 32.0. The molecule has 0 atom stereocenters. The highest BCUT2D eigenvalue weighted by Gasteiger charge is 2.24. The van der Waals surface area contributed by atoms with Gasteiger partial charge in [-0.2, -0.15) is 0 Å². The molecule has 0 amide bonds. The van der Waals surface area contributed by atoms with Crippen LogP contribution >= 0.6 is 0 Å². The second kappa shape index (κ2) is 29.4. The third-order valence-electron chi connectivity index (χ3n) is 24.6. The molecular formula is C116H68N4O6. The van der Waals surface area contributed by atoms with Crippen LogP contribution in [0.3, 0.4) is 0 Å². The van der Waals surface area contributed by atoms with Crippen LogP contribution in [0.2, 0.25) is 0 Å². The maximum Gasteiger partial charge on any atom is 0.160 e. The van der Waals surface area contributed by atoms with Crippen molar-refractivity contribution in [2.75, 3.05) is 0 Å². The van der Waals surface area contributed by atoms with Crippen molar-refractivity contribution in [3.05, 3.63) is 413 Å². The van der Waals surface area contributed by atoms with Gasteiger partial charge >= 0.3 is 0 Å². The SMILES string of the molecule is c1ccc(-c2nc(-c3cc(-c4ccc5oc6ccccc6c5c4)cc(-c4ccc5oc6ccccc6c5c4)c3)cc(-c3cccc(-c4cccc5c4oc4ccccc45)c3)n2)cc1.c1ccc(-c2nc(-c3cccc(-c4ccc5oc6ccccc6c5c4)c3)cc(-c3cc(-c4cccc5c4oc4ccccc45)cc(-c4cccc5c4oc4ccccc45)c3)n2)cc1. The van der Waals surface area contributed by atoms with Crippen molar-refractivity contribution in [3.63, 3.8) is 0 Å². The summed E-state index contributed by atoms with van der Waals surface area (Å²) in [5.74, 6) is 1.29. The summed E-state index contributed by atoms with van der Waals surface area (Å²) in [5, 5.41) is 13.1. The Bertz CT molecular complexity index is 8620. The summed E-state index contributed by atoms with van der Waals surface area (Å²) in [6.07, 6.45) is 0. The van der Waals surface area contributed by atoms with Gasteiger partial charge in [-0.1, -0.05) is 279 Å². The molecule has 588 valence electrons. The summed E-state index contributed by atoms with van der Waals surface area (Å²) in [7, 11) is 0. The molecule has 0 saturated heterocycles. The van der Waals surface area contributed by atoms with Crippen LogP contribution in [0.5, 0.6) is 0 Å². The van der Waals surface area contributed by atoms with Gasteiger partial charge in [-0.05, 0) is 184 Å². The van der Waals surface area contributed by atoms with E-state index in [1.165, 1.54) is 0 Å². The number of furan rings is 6. The minimum absolute atomic E-state index is 0.644. The van der Waals surface area contributed by atoms with Crippen LogP contribution in [0.25, 0.3) is 266 Å². The van der Waals surface area contributed by atoms with Gasteiger partial charge in [0.15, 0.2) is 11.6 Å². The van der Waals surface area contributed by atoms with Gasteiger partial charge in [0.1, 0.15) is 67.0 Å². The molecule has 8 aromatic heterocycles. The average molecular weight is 1610 g/mol. The summed E-state index contributed by atoms with van der Waals surface area (Å²) < 4.78 is 38.4. The first-order valence-electron chi connectivity index (χ1n) is 42.2. The molecule has 0 N–H and O–H groups in total. The van der Waals surface area contributed by atoms with E-state index in [0.717, 1.165) is 255 Å². The minimum atomic E-state index is 0.644. The largest absolute Gasteiger partial charge is 0.456 e. The molecule has 0 unspecified atom stereocenters. The van der Waals surface area contributed by atoms with Gasteiger partial charge in [-0.25, -0.2) is 19.9 Å². The first-order valence-corrected chi connectivity index (χ1v) is 42.2. The van der Waals surface area contributed by atoms with Gasteiger partial charge in [0, 0.05) is 115 Å². The lowest BCUT2D eigenvalue weighted by Crippen LogP contribution is -1.97. The number of hydrogen-bond donors (Lipinski definition) is 0. The Morgan fingerprint density at radius 3 is 0.754 bits per heavy atom. The van der Waals surface area contributed by atoms with E-state index in [4.69, 9.17) is 46.4 Å². The van der Waals surface area contributed by atoms with Crippen molar-refractivity contribution in [1.29, 1.82) is 0 Å². The average Bonchev–Trinajstić information content (AvgIpc) is 1.79. The van der Waals surface area contributed by atoms with Gasteiger partial charge in [0.05, 0.1) is 22.8 Å². The number of aromatic nitrogens is 4. The van der Waals surface area contributed by atoms with Crippen molar-refractivity contribution in [3.8, 4) is 135 Å². The van der Waals surface area contributed by atoms with Crippen LogP contribution in [-0.4, -0.2) is 19.9 Å². The molecule has 0 radical (unpaired) electrons. The molecule has 18 aromatic carbocycles. The van der Waals surface area contributed by atoms with Crippen molar-refractivity contribution in [1.82, 2.24) is 19.9 Å². The van der Waals surface area contributed by atoms with Crippen molar-refractivity contribution >= 4 is 132 Å². The lowest BCUT2D eigenvalue weighted by Gasteiger charge is -2.14. The van der Waals surface area contributed by atoms with Crippen LogP contribution in [-0.2, 0) is 0 Å². The number of nitrogens with zero attached hydrogens (tertiary/aromatic N) is 4. The number of fused-ring (bicyclic) bond motifs is 18. The predicted octanol–water partition coefficient (Wildman–Crippen LogP) is 32.4. The third kappa shape index (κ3) is 12.5. The Morgan fingerprint density at radius 2 is 0.365 bits per heavy atom. The van der Waals surface area contributed by atoms with E-state index in [-0.39, 0.29) is 0 Å². The van der Waals surface area contributed by atoms with E-state index in [1.54, 1.807) is 0 Å². The highest BCUT2D eigenvalue weighted by atomic mass is 16.3.